The Bertz CT molecular complexity index is 891. The minimum atomic E-state index is -0.0579. The van der Waals surface area contributed by atoms with Crippen LogP contribution >= 0.6 is 0 Å². The number of rotatable bonds is 4. The normalized spacial score (nSPS) is 17.8. The second kappa shape index (κ2) is 7.76. The highest BCUT2D eigenvalue weighted by Gasteiger charge is 2.32. The van der Waals surface area contributed by atoms with E-state index in [1.165, 1.54) is 0 Å². The highest BCUT2D eigenvalue weighted by molar-refractivity contribution is 5.79. The highest BCUT2D eigenvalue weighted by atomic mass is 16.2. The topological polar surface area (TPSA) is 52.2 Å². The molecule has 5 heteroatoms. The SMILES string of the molecule is CN1CCN(C(=O)Cc2ccccc2)C(c2ncc(-c3ccccc3)[nH]2)C1. The van der Waals surface area contributed by atoms with Gasteiger partial charge in [0.1, 0.15) is 11.9 Å². The Morgan fingerprint density at radius 1 is 1.07 bits per heavy atom. The molecule has 1 fully saturated rings. The van der Waals surface area contributed by atoms with Gasteiger partial charge in [0.2, 0.25) is 5.91 Å². The Kier molecular flexibility index (Phi) is 5.03. The van der Waals surface area contributed by atoms with Crippen molar-refractivity contribution in [3.8, 4) is 11.3 Å². The average molecular weight is 360 g/mol. The van der Waals surface area contributed by atoms with Gasteiger partial charge in [-0.25, -0.2) is 4.98 Å². The molecule has 1 unspecified atom stereocenters. The van der Waals surface area contributed by atoms with E-state index in [9.17, 15) is 4.79 Å². The molecule has 1 amide bonds. The Morgan fingerprint density at radius 2 is 1.78 bits per heavy atom. The van der Waals surface area contributed by atoms with Crippen molar-refractivity contribution in [2.75, 3.05) is 26.7 Å². The summed E-state index contributed by atoms with van der Waals surface area (Å²) < 4.78 is 0. The van der Waals surface area contributed by atoms with Crippen molar-refractivity contribution in [3.63, 3.8) is 0 Å². The number of hydrogen-bond donors (Lipinski definition) is 1. The zero-order valence-corrected chi connectivity index (χ0v) is 15.5. The smallest absolute Gasteiger partial charge is 0.227 e. The van der Waals surface area contributed by atoms with Crippen LogP contribution in [0.5, 0.6) is 0 Å². The van der Waals surface area contributed by atoms with Gasteiger partial charge in [-0.05, 0) is 18.2 Å². The highest BCUT2D eigenvalue weighted by Crippen LogP contribution is 2.26. The van der Waals surface area contributed by atoms with E-state index in [4.69, 9.17) is 0 Å². The summed E-state index contributed by atoms with van der Waals surface area (Å²) in [6.45, 7) is 2.37. The molecular weight excluding hydrogens is 336 g/mol. The van der Waals surface area contributed by atoms with E-state index < -0.39 is 0 Å². The molecule has 1 saturated heterocycles. The summed E-state index contributed by atoms with van der Waals surface area (Å²) in [6.07, 6.45) is 2.28. The zero-order chi connectivity index (χ0) is 18.6. The fourth-order valence-electron chi connectivity index (χ4n) is 3.59. The van der Waals surface area contributed by atoms with Crippen LogP contribution in [0.2, 0.25) is 0 Å². The molecule has 1 aliphatic heterocycles. The molecule has 1 N–H and O–H groups in total. The van der Waals surface area contributed by atoms with E-state index in [0.29, 0.717) is 13.0 Å². The van der Waals surface area contributed by atoms with E-state index in [-0.39, 0.29) is 11.9 Å². The molecule has 0 radical (unpaired) electrons. The minimum Gasteiger partial charge on any atom is -0.340 e. The number of carbonyl (C=O) groups excluding carboxylic acids is 1. The molecule has 5 nitrogen and oxygen atoms in total. The number of nitrogens with one attached hydrogen (secondary N) is 1. The van der Waals surface area contributed by atoms with Gasteiger partial charge < -0.3 is 14.8 Å². The molecule has 27 heavy (non-hydrogen) atoms. The lowest BCUT2D eigenvalue weighted by molar-refractivity contribution is -0.135. The number of likely N-dealkylation sites (N-methyl/N-ethyl adjacent to an activating group) is 1. The van der Waals surface area contributed by atoms with Crippen LogP contribution in [0.4, 0.5) is 0 Å². The van der Waals surface area contributed by atoms with Gasteiger partial charge in [0.25, 0.3) is 0 Å². The van der Waals surface area contributed by atoms with Gasteiger partial charge in [-0.1, -0.05) is 60.7 Å². The number of H-pyrrole nitrogens is 1. The zero-order valence-electron chi connectivity index (χ0n) is 15.5. The molecule has 4 rings (SSSR count). The molecule has 0 saturated carbocycles. The number of nitrogens with zero attached hydrogens (tertiary/aromatic N) is 3. The summed E-state index contributed by atoms with van der Waals surface area (Å²) >= 11 is 0. The van der Waals surface area contributed by atoms with E-state index in [1.807, 2.05) is 59.6 Å². The molecule has 1 atom stereocenters. The van der Waals surface area contributed by atoms with Crippen LogP contribution in [0.3, 0.4) is 0 Å². The summed E-state index contributed by atoms with van der Waals surface area (Å²) in [4.78, 5) is 25.3. The number of benzene rings is 2. The quantitative estimate of drug-likeness (QED) is 0.778. The molecule has 1 aromatic heterocycles. The number of aromatic nitrogens is 2. The second-order valence-electron chi connectivity index (χ2n) is 7.08. The molecule has 1 aliphatic rings. The molecule has 3 aromatic rings. The first-order valence-electron chi connectivity index (χ1n) is 9.33. The standard InChI is InChI=1S/C22H24N4O/c1-25-12-13-26(21(27)14-17-8-4-2-5-9-17)20(16-25)22-23-15-19(24-22)18-10-6-3-7-11-18/h2-11,15,20H,12-14,16H2,1H3,(H,23,24). The predicted octanol–water partition coefficient (Wildman–Crippen LogP) is 3.13. The first kappa shape index (κ1) is 17.5. The Labute approximate surface area is 159 Å². The first-order valence-corrected chi connectivity index (χ1v) is 9.33. The molecule has 2 aromatic carbocycles. The number of imidazole rings is 1. The van der Waals surface area contributed by atoms with Gasteiger partial charge in [-0.15, -0.1) is 0 Å². The first-order chi connectivity index (χ1) is 13.2. The monoisotopic (exact) mass is 360 g/mol. The summed E-state index contributed by atoms with van der Waals surface area (Å²) in [6, 6.07) is 20.0. The number of aromatic amines is 1. The van der Waals surface area contributed by atoms with Gasteiger partial charge >= 0.3 is 0 Å². The lowest BCUT2D eigenvalue weighted by atomic mass is 10.1. The third kappa shape index (κ3) is 3.93. The van der Waals surface area contributed by atoms with Gasteiger partial charge in [0, 0.05) is 19.6 Å². The number of piperazine rings is 1. The van der Waals surface area contributed by atoms with Crippen LogP contribution in [-0.4, -0.2) is 52.4 Å². The van der Waals surface area contributed by atoms with E-state index in [2.05, 4.69) is 34.0 Å². The van der Waals surface area contributed by atoms with Crippen LogP contribution in [0.25, 0.3) is 11.3 Å². The van der Waals surface area contributed by atoms with Crippen LogP contribution in [0.1, 0.15) is 17.4 Å². The summed E-state index contributed by atoms with van der Waals surface area (Å²) in [5.74, 6) is 0.999. The summed E-state index contributed by atoms with van der Waals surface area (Å²) in [5.41, 5.74) is 3.13. The van der Waals surface area contributed by atoms with E-state index in [0.717, 1.165) is 35.7 Å². The molecule has 0 bridgehead atoms. The lowest BCUT2D eigenvalue weighted by Crippen LogP contribution is -2.50. The number of hydrogen-bond acceptors (Lipinski definition) is 3. The molecule has 0 aliphatic carbocycles. The van der Waals surface area contributed by atoms with Crippen molar-refractivity contribution in [3.05, 3.63) is 78.2 Å². The van der Waals surface area contributed by atoms with Crippen molar-refractivity contribution in [1.82, 2.24) is 19.8 Å². The maximum atomic E-state index is 13.0. The Balaban J connectivity index is 1.57. The van der Waals surface area contributed by atoms with Gasteiger partial charge in [0.15, 0.2) is 0 Å². The Hall–Kier alpha value is -2.92. The van der Waals surface area contributed by atoms with Gasteiger partial charge in [-0.3, -0.25) is 4.79 Å². The van der Waals surface area contributed by atoms with Crippen molar-refractivity contribution in [1.29, 1.82) is 0 Å². The van der Waals surface area contributed by atoms with Crippen molar-refractivity contribution in [2.24, 2.45) is 0 Å². The van der Waals surface area contributed by atoms with Crippen LogP contribution in [-0.2, 0) is 11.2 Å². The molecular formula is C22H24N4O. The maximum absolute atomic E-state index is 13.0. The largest absolute Gasteiger partial charge is 0.340 e. The number of amides is 1. The van der Waals surface area contributed by atoms with Crippen LogP contribution in [0.15, 0.2) is 66.9 Å². The summed E-state index contributed by atoms with van der Waals surface area (Å²) in [7, 11) is 2.09. The van der Waals surface area contributed by atoms with Crippen molar-refractivity contribution in [2.45, 2.75) is 12.5 Å². The number of carbonyl (C=O) groups is 1. The summed E-state index contributed by atoms with van der Waals surface area (Å²) in [5, 5.41) is 0. The van der Waals surface area contributed by atoms with E-state index >= 15 is 0 Å². The second-order valence-corrected chi connectivity index (χ2v) is 7.08. The average Bonchev–Trinajstić information content (AvgIpc) is 3.19. The van der Waals surface area contributed by atoms with Crippen molar-refractivity contribution >= 4 is 5.91 Å². The van der Waals surface area contributed by atoms with Crippen LogP contribution < -0.4 is 0 Å². The maximum Gasteiger partial charge on any atom is 0.227 e. The van der Waals surface area contributed by atoms with Crippen LogP contribution in [0, 0.1) is 0 Å². The fourth-order valence-corrected chi connectivity index (χ4v) is 3.59. The minimum absolute atomic E-state index is 0.0579. The predicted molar refractivity (Wildman–Crippen MR) is 106 cm³/mol. The van der Waals surface area contributed by atoms with E-state index in [1.54, 1.807) is 0 Å². The lowest BCUT2D eigenvalue weighted by Gasteiger charge is -2.39. The fraction of sp³-hybridized carbons (Fsp3) is 0.273. The third-order valence-electron chi connectivity index (χ3n) is 5.10. The van der Waals surface area contributed by atoms with Crippen molar-refractivity contribution < 1.29 is 4.79 Å². The van der Waals surface area contributed by atoms with Gasteiger partial charge in [0.05, 0.1) is 18.3 Å². The Morgan fingerprint density at radius 3 is 2.52 bits per heavy atom. The van der Waals surface area contributed by atoms with Gasteiger partial charge in [-0.2, -0.15) is 0 Å². The molecule has 0 spiro atoms. The molecule has 138 valence electrons. The molecule has 2 heterocycles. The third-order valence-corrected chi connectivity index (χ3v) is 5.10.